The number of nitriles is 1. The largest absolute Gasteiger partial charge is 0.424 e. The molecular weight excluding hydrogens is 401 g/mol. The number of piperazine rings is 1. The number of hydrogen-bond acceptors (Lipinski definition) is 6. The Hall–Kier alpha value is -2.27. The summed E-state index contributed by atoms with van der Waals surface area (Å²) in [6.07, 6.45) is 0. The highest BCUT2D eigenvalue weighted by Crippen LogP contribution is 2.26. The van der Waals surface area contributed by atoms with Crippen molar-refractivity contribution >= 4 is 35.0 Å². The number of likely N-dealkylation sites (N-methyl/N-ethyl adjacent to an activating group) is 1. The van der Waals surface area contributed by atoms with Crippen molar-refractivity contribution in [2.75, 3.05) is 44.7 Å². The third-order valence-corrected chi connectivity index (χ3v) is 5.48. The van der Waals surface area contributed by atoms with Crippen molar-refractivity contribution in [2.24, 2.45) is 0 Å². The molecule has 1 aliphatic heterocycles. The van der Waals surface area contributed by atoms with Crippen molar-refractivity contribution in [1.82, 2.24) is 14.8 Å². The second kappa shape index (κ2) is 8.82. The average Bonchev–Trinajstić information content (AvgIpc) is 3.06. The molecule has 0 radical (unpaired) electrons. The summed E-state index contributed by atoms with van der Waals surface area (Å²) < 4.78 is 5.55. The minimum absolute atomic E-state index is 0.0505. The van der Waals surface area contributed by atoms with E-state index in [1.807, 2.05) is 33.9 Å². The van der Waals surface area contributed by atoms with Crippen molar-refractivity contribution in [3.8, 4) is 6.07 Å². The predicted molar refractivity (Wildman–Crippen MR) is 108 cm³/mol. The highest BCUT2D eigenvalue weighted by Gasteiger charge is 2.26. The van der Waals surface area contributed by atoms with E-state index < -0.39 is 0 Å². The van der Waals surface area contributed by atoms with Gasteiger partial charge < -0.3 is 14.2 Å². The molecule has 0 unspecified atom stereocenters. The van der Waals surface area contributed by atoms with Gasteiger partial charge in [-0.25, -0.2) is 4.98 Å². The fourth-order valence-electron chi connectivity index (χ4n) is 3.21. The van der Waals surface area contributed by atoms with E-state index in [0.29, 0.717) is 54.5 Å². The van der Waals surface area contributed by atoms with Gasteiger partial charge in [0, 0.05) is 39.6 Å². The van der Waals surface area contributed by atoms with Gasteiger partial charge >= 0.3 is 0 Å². The average molecular weight is 422 g/mol. The third-order valence-electron chi connectivity index (χ3n) is 4.62. The quantitative estimate of drug-likeness (QED) is 0.738. The van der Waals surface area contributed by atoms with E-state index in [0.717, 1.165) is 5.56 Å². The monoisotopic (exact) mass is 421 g/mol. The van der Waals surface area contributed by atoms with Crippen LogP contribution in [0.5, 0.6) is 0 Å². The van der Waals surface area contributed by atoms with Gasteiger partial charge in [-0.1, -0.05) is 35.3 Å². The third kappa shape index (κ3) is 4.58. The van der Waals surface area contributed by atoms with E-state index in [4.69, 9.17) is 27.6 Å². The number of carbonyl (C=O) groups excluding carboxylic acids is 1. The van der Waals surface area contributed by atoms with Crippen LogP contribution in [-0.2, 0) is 11.3 Å². The lowest BCUT2D eigenvalue weighted by Crippen LogP contribution is -2.51. The number of hydrogen-bond donors (Lipinski definition) is 0. The topological polar surface area (TPSA) is 76.6 Å². The highest BCUT2D eigenvalue weighted by atomic mass is 35.5. The van der Waals surface area contributed by atoms with Crippen LogP contribution in [0.1, 0.15) is 17.1 Å². The van der Waals surface area contributed by atoms with Gasteiger partial charge in [0.25, 0.3) is 0 Å². The van der Waals surface area contributed by atoms with Gasteiger partial charge in [-0.2, -0.15) is 5.26 Å². The molecule has 7 nitrogen and oxygen atoms in total. The standard InChI is InChI=1S/C19H21Cl2N5O2/c1-13-23-16(10-22)19(28-13)26-8-6-25(7-9-26)17(27)12-24(2)11-14-4-3-5-15(20)18(14)21/h3-5H,6-9,11-12H2,1-2H3. The Kier molecular flexibility index (Phi) is 6.45. The Morgan fingerprint density at radius 2 is 2.04 bits per heavy atom. The van der Waals surface area contributed by atoms with Gasteiger partial charge in [0.2, 0.25) is 17.5 Å². The number of carbonyl (C=O) groups is 1. The van der Waals surface area contributed by atoms with E-state index in [1.54, 1.807) is 13.0 Å². The molecule has 148 valence electrons. The van der Waals surface area contributed by atoms with Gasteiger partial charge in [-0.05, 0) is 18.7 Å². The van der Waals surface area contributed by atoms with E-state index in [1.165, 1.54) is 0 Å². The molecule has 0 N–H and O–H groups in total. The molecule has 0 spiro atoms. The molecule has 0 saturated carbocycles. The molecule has 1 saturated heterocycles. The van der Waals surface area contributed by atoms with Crippen LogP contribution in [0.3, 0.4) is 0 Å². The maximum absolute atomic E-state index is 12.6. The molecule has 9 heteroatoms. The van der Waals surface area contributed by atoms with Crippen LogP contribution in [0.4, 0.5) is 5.88 Å². The molecule has 28 heavy (non-hydrogen) atoms. The Bertz CT molecular complexity index is 900. The summed E-state index contributed by atoms with van der Waals surface area (Å²) in [4.78, 5) is 22.4. The molecular formula is C19H21Cl2N5O2. The molecule has 0 bridgehead atoms. The van der Waals surface area contributed by atoms with E-state index in [2.05, 4.69) is 11.1 Å². The summed E-state index contributed by atoms with van der Waals surface area (Å²) >= 11 is 12.3. The highest BCUT2D eigenvalue weighted by molar-refractivity contribution is 6.42. The molecule has 0 aliphatic carbocycles. The maximum Gasteiger partial charge on any atom is 0.236 e. The van der Waals surface area contributed by atoms with Gasteiger partial charge in [-0.3, -0.25) is 9.69 Å². The first kappa shape index (κ1) is 20.5. The van der Waals surface area contributed by atoms with Crippen LogP contribution >= 0.6 is 23.2 Å². The van der Waals surface area contributed by atoms with Gasteiger partial charge in [-0.15, -0.1) is 0 Å². The smallest absolute Gasteiger partial charge is 0.236 e. The number of anilines is 1. The number of halogens is 2. The summed E-state index contributed by atoms with van der Waals surface area (Å²) in [6.45, 7) is 4.86. The molecule has 1 fully saturated rings. The van der Waals surface area contributed by atoms with Crippen LogP contribution in [0, 0.1) is 18.3 Å². The van der Waals surface area contributed by atoms with Crippen LogP contribution in [0.15, 0.2) is 22.6 Å². The first-order chi connectivity index (χ1) is 13.4. The molecule has 2 aromatic rings. The number of rotatable bonds is 5. The molecule has 1 aromatic heterocycles. The zero-order valence-corrected chi connectivity index (χ0v) is 17.3. The first-order valence-electron chi connectivity index (χ1n) is 8.90. The Morgan fingerprint density at radius 1 is 1.32 bits per heavy atom. The Balaban J connectivity index is 1.53. The summed E-state index contributed by atoms with van der Waals surface area (Å²) in [5.41, 5.74) is 1.18. The molecule has 1 amide bonds. The zero-order valence-electron chi connectivity index (χ0n) is 15.8. The number of benzene rings is 1. The number of aryl methyl sites for hydroxylation is 1. The summed E-state index contributed by atoms with van der Waals surface area (Å²) in [5.74, 6) is 1.00. The minimum Gasteiger partial charge on any atom is -0.424 e. The van der Waals surface area contributed by atoms with Crippen LogP contribution in [0.2, 0.25) is 10.0 Å². The lowest BCUT2D eigenvalue weighted by atomic mass is 10.2. The van der Waals surface area contributed by atoms with Crippen LogP contribution in [-0.4, -0.2) is 60.5 Å². The lowest BCUT2D eigenvalue weighted by molar-refractivity contribution is -0.132. The van der Waals surface area contributed by atoms with E-state index >= 15 is 0 Å². The zero-order chi connectivity index (χ0) is 20.3. The Morgan fingerprint density at radius 3 is 2.71 bits per heavy atom. The fraction of sp³-hybridized carbons (Fsp3) is 0.421. The molecule has 0 atom stereocenters. The second-order valence-electron chi connectivity index (χ2n) is 6.75. The lowest BCUT2D eigenvalue weighted by Gasteiger charge is -2.35. The van der Waals surface area contributed by atoms with Crippen LogP contribution in [0.25, 0.3) is 0 Å². The fourth-order valence-corrected chi connectivity index (χ4v) is 3.59. The predicted octanol–water partition coefficient (Wildman–Crippen LogP) is 2.94. The Labute approximate surface area is 174 Å². The first-order valence-corrected chi connectivity index (χ1v) is 9.66. The molecule has 3 rings (SSSR count). The summed E-state index contributed by atoms with van der Waals surface area (Å²) in [7, 11) is 1.88. The van der Waals surface area contributed by atoms with Crippen LogP contribution < -0.4 is 4.90 Å². The summed E-state index contributed by atoms with van der Waals surface area (Å²) in [6, 6.07) is 7.54. The van der Waals surface area contributed by atoms with Crippen molar-refractivity contribution in [3.63, 3.8) is 0 Å². The molecule has 1 aromatic carbocycles. The van der Waals surface area contributed by atoms with Crippen molar-refractivity contribution in [2.45, 2.75) is 13.5 Å². The number of amides is 1. The minimum atomic E-state index is 0.0505. The van der Waals surface area contributed by atoms with E-state index in [9.17, 15) is 10.1 Å². The summed E-state index contributed by atoms with van der Waals surface area (Å²) in [5, 5.41) is 10.2. The SMILES string of the molecule is Cc1nc(C#N)c(N2CCN(C(=O)CN(C)Cc3cccc(Cl)c3Cl)CC2)o1. The van der Waals surface area contributed by atoms with E-state index in [-0.39, 0.29) is 18.1 Å². The van der Waals surface area contributed by atoms with Gasteiger partial charge in [0.1, 0.15) is 6.07 Å². The van der Waals surface area contributed by atoms with Crippen molar-refractivity contribution in [1.29, 1.82) is 5.26 Å². The number of nitrogens with zero attached hydrogens (tertiary/aromatic N) is 5. The molecule has 1 aliphatic rings. The normalized spacial score (nSPS) is 14.4. The number of aromatic nitrogens is 1. The van der Waals surface area contributed by atoms with Crippen molar-refractivity contribution in [3.05, 3.63) is 45.4 Å². The number of oxazole rings is 1. The van der Waals surface area contributed by atoms with Gasteiger partial charge in [0.05, 0.1) is 16.6 Å². The molecule has 2 heterocycles. The second-order valence-corrected chi connectivity index (χ2v) is 7.54. The maximum atomic E-state index is 12.6. The van der Waals surface area contributed by atoms with Gasteiger partial charge in [0.15, 0.2) is 5.89 Å². The van der Waals surface area contributed by atoms with Crippen molar-refractivity contribution < 1.29 is 9.21 Å².